The molecule has 2 aromatic heterocycles. The van der Waals surface area contributed by atoms with Crippen molar-refractivity contribution in [3.05, 3.63) is 264 Å². The van der Waals surface area contributed by atoms with Crippen molar-refractivity contribution in [2.24, 2.45) is 0 Å². The van der Waals surface area contributed by atoms with E-state index in [1.807, 2.05) is 97.1 Å². The minimum atomic E-state index is -0.994. The van der Waals surface area contributed by atoms with E-state index in [2.05, 4.69) is 107 Å². The lowest BCUT2D eigenvalue weighted by Gasteiger charge is -2.36. The van der Waals surface area contributed by atoms with E-state index in [9.17, 15) is 0 Å². The van der Waals surface area contributed by atoms with Crippen LogP contribution >= 0.6 is 0 Å². The number of anilines is 6. The molecule has 0 fully saturated rings. The van der Waals surface area contributed by atoms with Crippen LogP contribution in [-0.2, 0) is 5.41 Å². The van der Waals surface area contributed by atoms with Crippen LogP contribution in [0.3, 0.4) is 0 Å². The van der Waals surface area contributed by atoms with Gasteiger partial charge in [0.2, 0.25) is 0 Å². The zero-order valence-corrected chi connectivity index (χ0v) is 35.9. The molecule has 10 aromatic carbocycles. The molecule has 0 unspecified atom stereocenters. The second-order valence-corrected chi connectivity index (χ2v) is 17.0. The highest BCUT2D eigenvalue weighted by molar-refractivity contribution is 6.25. The average Bonchev–Trinajstić information content (AvgIpc) is 4.05. The van der Waals surface area contributed by atoms with Crippen LogP contribution in [0.15, 0.2) is 239 Å². The van der Waals surface area contributed by atoms with Crippen LogP contribution in [0.5, 0.6) is 0 Å². The number of hydrogen-bond donors (Lipinski definition) is 0. The van der Waals surface area contributed by atoms with Gasteiger partial charge in [-0.3, -0.25) is 0 Å². The molecule has 0 N–H and O–H groups in total. The number of rotatable bonds is 8. The highest BCUT2D eigenvalue weighted by atomic mass is 19.1. The summed E-state index contributed by atoms with van der Waals surface area (Å²) in [5.74, 6) is -0.687. The molecule has 0 saturated carbocycles. The standard InChI is InChI=1S/C61H38F2N2O2/c62-41-23-17-29-45(35-41)64(43-25-9-3-10-26-43)51-37-49-57(59-55(51)47-31-13-15-33-53(47)66-59)58-50(61(49,39-19-5-1-6-20-39)40-21-7-2-8-22-40)38-52(56-48-32-14-16-34-54(48)67-60(56)58)65(44-27-11-4-12-28-44)46-30-18-24-42(63)36-46/h1-38H. The van der Waals surface area contributed by atoms with Crippen LogP contribution in [0.4, 0.5) is 42.9 Å². The van der Waals surface area contributed by atoms with Crippen LogP contribution in [0.1, 0.15) is 22.3 Å². The molecule has 0 atom stereocenters. The molecule has 0 spiro atoms. The van der Waals surface area contributed by atoms with Gasteiger partial charge in [-0.25, -0.2) is 8.78 Å². The molecule has 0 radical (unpaired) electrons. The summed E-state index contributed by atoms with van der Waals surface area (Å²) in [6.07, 6.45) is 0. The smallest absolute Gasteiger partial charge is 0.145 e. The molecule has 318 valence electrons. The van der Waals surface area contributed by atoms with E-state index in [-0.39, 0.29) is 11.6 Å². The monoisotopic (exact) mass is 868 g/mol. The van der Waals surface area contributed by atoms with E-state index >= 15 is 8.78 Å². The Morgan fingerprint density at radius 2 is 0.701 bits per heavy atom. The van der Waals surface area contributed by atoms with E-state index in [1.165, 1.54) is 12.1 Å². The van der Waals surface area contributed by atoms with Gasteiger partial charge in [0.25, 0.3) is 0 Å². The fourth-order valence-electron chi connectivity index (χ4n) is 10.7. The van der Waals surface area contributed by atoms with Crippen LogP contribution in [0, 0.1) is 11.6 Å². The molecule has 6 heteroatoms. The first-order valence-corrected chi connectivity index (χ1v) is 22.4. The third-order valence-corrected chi connectivity index (χ3v) is 13.4. The summed E-state index contributed by atoms with van der Waals surface area (Å²) in [5.41, 5.74) is 12.3. The van der Waals surface area contributed by atoms with E-state index in [1.54, 1.807) is 24.3 Å². The van der Waals surface area contributed by atoms with Crippen molar-refractivity contribution in [1.29, 1.82) is 0 Å². The maximum atomic E-state index is 15.6. The molecule has 0 saturated heterocycles. The number of benzene rings is 10. The Hall–Kier alpha value is -8.74. The summed E-state index contributed by atoms with van der Waals surface area (Å²) in [5, 5.41) is 3.60. The molecule has 67 heavy (non-hydrogen) atoms. The van der Waals surface area contributed by atoms with Crippen molar-refractivity contribution < 1.29 is 17.6 Å². The van der Waals surface area contributed by atoms with Gasteiger partial charge >= 0.3 is 0 Å². The average molecular weight is 869 g/mol. The Labute approximate surface area is 384 Å². The molecule has 0 bridgehead atoms. The number of furan rings is 2. The third-order valence-electron chi connectivity index (χ3n) is 13.4. The van der Waals surface area contributed by atoms with Crippen LogP contribution < -0.4 is 9.80 Å². The van der Waals surface area contributed by atoms with Gasteiger partial charge in [0, 0.05) is 44.6 Å². The van der Waals surface area contributed by atoms with E-state index in [4.69, 9.17) is 8.83 Å². The summed E-state index contributed by atoms with van der Waals surface area (Å²) in [6.45, 7) is 0. The summed E-state index contributed by atoms with van der Waals surface area (Å²) >= 11 is 0. The van der Waals surface area contributed by atoms with Crippen molar-refractivity contribution in [3.63, 3.8) is 0 Å². The fourth-order valence-corrected chi connectivity index (χ4v) is 10.7. The second-order valence-electron chi connectivity index (χ2n) is 17.0. The first-order chi connectivity index (χ1) is 33.1. The predicted octanol–water partition coefficient (Wildman–Crippen LogP) is 17.1. The highest BCUT2D eigenvalue weighted by Gasteiger charge is 2.50. The van der Waals surface area contributed by atoms with Crippen molar-refractivity contribution in [1.82, 2.24) is 0 Å². The molecule has 1 aliphatic rings. The van der Waals surface area contributed by atoms with Gasteiger partial charge < -0.3 is 18.6 Å². The first-order valence-electron chi connectivity index (χ1n) is 22.4. The topological polar surface area (TPSA) is 32.8 Å². The Morgan fingerprint density at radius 1 is 0.343 bits per heavy atom. The maximum Gasteiger partial charge on any atom is 0.145 e. The Balaban J connectivity index is 1.27. The van der Waals surface area contributed by atoms with Gasteiger partial charge in [-0.05, 0) is 107 Å². The minimum absolute atomic E-state index is 0.343. The lowest BCUT2D eigenvalue weighted by molar-refractivity contribution is 0.627. The number of halogens is 2. The summed E-state index contributed by atoms with van der Waals surface area (Å²) in [6, 6.07) is 75.8. The molecule has 13 rings (SSSR count). The zero-order chi connectivity index (χ0) is 44.6. The molecular formula is C61H38F2N2O2. The molecule has 1 aliphatic carbocycles. The van der Waals surface area contributed by atoms with Crippen molar-refractivity contribution in [2.75, 3.05) is 9.80 Å². The van der Waals surface area contributed by atoms with Gasteiger partial charge in [0.15, 0.2) is 0 Å². The highest BCUT2D eigenvalue weighted by Crippen LogP contribution is 2.64. The summed E-state index contributed by atoms with van der Waals surface area (Å²) in [4.78, 5) is 4.28. The number of fused-ring (bicyclic) bond motifs is 11. The van der Waals surface area contributed by atoms with Gasteiger partial charge in [-0.1, -0.05) is 146 Å². The first kappa shape index (κ1) is 38.7. The quantitative estimate of drug-likeness (QED) is 0.152. The minimum Gasteiger partial charge on any atom is -0.455 e. The zero-order valence-electron chi connectivity index (χ0n) is 35.9. The van der Waals surface area contributed by atoms with Crippen molar-refractivity contribution in [3.8, 4) is 11.1 Å². The largest absolute Gasteiger partial charge is 0.455 e. The van der Waals surface area contributed by atoms with E-state index in [0.29, 0.717) is 22.5 Å². The van der Waals surface area contributed by atoms with Crippen LogP contribution in [-0.4, -0.2) is 0 Å². The number of para-hydroxylation sites is 4. The Kier molecular flexibility index (Phi) is 8.77. The molecule has 0 aliphatic heterocycles. The van der Waals surface area contributed by atoms with E-state index < -0.39 is 5.41 Å². The fraction of sp³-hybridized carbons (Fsp3) is 0.0164. The van der Waals surface area contributed by atoms with Gasteiger partial charge in [0.1, 0.15) is 34.0 Å². The number of nitrogens with zero attached hydrogens (tertiary/aromatic N) is 2. The summed E-state index contributed by atoms with van der Waals surface area (Å²) < 4.78 is 45.6. The van der Waals surface area contributed by atoms with Crippen LogP contribution in [0.25, 0.3) is 55.0 Å². The van der Waals surface area contributed by atoms with Crippen molar-refractivity contribution >= 4 is 78.0 Å². The lowest BCUT2D eigenvalue weighted by atomic mass is 9.67. The third kappa shape index (κ3) is 5.82. The van der Waals surface area contributed by atoms with Crippen LogP contribution in [0.2, 0.25) is 0 Å². The molecule has 4 nitrogen and oxygen atoms in total. The number of hydrogen-bond acceptors (Lipinski definition) is 4. The SMILES string of the molecule is Fc1cccc(N(c2ccccc2)c2cc3c(c4oc5ccccc5c24)-c2c(cc(N(c4ccccc4)c4cccc(F)c4)c4c2oc2ccccc24)C3(c2ccccc2)c2ccccc2)c1. The molecule has 0 amide bonds. The summed E-state index contributed by atoms with van der Waals surface area (Å²) in [7, 11) is 0. The normalized spacial score (nSPS) is 12.7. The van der Waals surface area contributed by atoms with Gasteiger partial charge in [-0.15, -0.1) is 0 Å². The lowest BCUT2D eigenvalue weighted by Crippen LogP contribution is -2.29. The van der Waals surface area contributed by atoms with Gasteiger partial charge in [0.05, 0.1) is 27.6 Å². The second kappa shape index (κ2) is 15.2. The van der Waals surface area contributed by atoms with E-state index in [0.717, 1.165) is 88.8 Å². The molecule has 2 heterocycles. The van der Waals surface area contributed by atoms with Crippen molar-refractivity contribution in [2.45, 2.75) is 5.41 Å². The molecular weight excluding hydrogens is 831 g/mol. The maximum absolute atomic E-state index is 15.6. The Morgan fingerprint density at radius 3 is 1.10 bits per heavy atom. The van der Waals surface area contributed by atoms with Gasteiger partial charge in [-0.2, -0.15) is 0 Å². The molecule has 12 aromatic rings. The Bertz CT molecular complexity index is 3590. The predicted molar refractivity (Wildman–Crippen MR) is 268 cm³/mol.